The summed E-state index contributed by atoms with van der Waals surface area (Å²) in [6.07, 6.45) is -2.96. The van der Waals surface area contributed by atoms with Crippen LogP contribution in [0.3, 0.4) is 0 Å². The maximum atomic E-state index is 12.7. The summed E-state index contributed by atoms with van der Waals surface area (Å²) in [5, 5.41) is 12.0. The van der Waals surface area contributed by atoms with E-state index in [1.54, 1.807) is 6.07 Å². The van der Waals surface area contributed by atoms with E-state index in [2.05, 4.69) is 5.32 Å². The molecule has 20 heavy (non-hydrogen) atoms. The average Bonchev–Trinajstić information content (AvgIpc) is 2.41. The van der Waals surface area contributed by atoms with Crippen LogP contribution in [0.5, 0.6) is 0 Å². The van der Waals surface area contributed by atoms with Crippen molar-refractivity contribution in [3.63, 3.8) is 0 Å². The minimum atomic E-state index is -4.35. The van der Waals surface area contributed by atoms with Crippen molar-refractivity contribution in [1.29, 1.82) is 0 Å². The number of alkyl halides is 3. The number of aliphatic hydroxyl groups excluding tert-OH is 1. The molecule has 0 fully saturated rings. The maximum Gasteiger partial charge on any atom is 0.416 e. The van der Waals surface area contributed by atoms with Crippen molar-refractivity contribution in [3.05, 3.63) is 35.4 Å². The highest BCUT2D eigenvalue weighted by atomic mass is 19.4. The molecule has 1 aromatic carbocycles. The molecule has 0 saturated heterocycles. The lowest BCUT2D eigenvalue weighted by molar-refractivity contribution is -0.137. The largest absolute Gasteiger partial charge is 0.416 e. The Morgan fingerprint density at radius 2 is 2.05 bits per heavy atom. The highest BCUT2D eigenvalue weighted by molar-refractivity contribution is 5.28. The fraction of sp³-hybridized carbons (Fsp3) is 0.571. The number of hydrogen-bond donors (Lipinski definition) is 3. The third kappa shape index (κ3) is 5.11. The summed E-state index contributed by atoms with van der Waals surface area (Å²) in [5.74, 6) is 0. The Kier molecular flexibility index (Phi) is 6.45. The molecule has 3 nitrogen and oxygen atoms in total. The van der Waals surface area contributed by atoms with Crippen molar-refractivity contribution in [3.8, 4) is 0 Å². The standard InChI is InChI=1S/C14H21F3N2O/c1-10(4-3-7-20)19-13(9-18)11-5-2-6-12(8-11)14(15,16)17/h2,5-6,8,10,13,19-20H,3-4,7,9,18H2,1H3. The van der Waals surface area contributed by atoms with Gasteiger partial charge in [-0.1, -0.05) is 12.1 Å². The first-order chi connectivity index (χ1) is 9.38. The zero-order chi connectivity index (χ0) is 15.2. The summed E-state index contributed by atoms with van der Waals surface area (Å²) in [6, 6.07) is 4.95. The van der Waals surface area contributed by atoms with Gasteiger partial charge < -0.3 is 16.2 Å². The van der Waals surface area contributed by atoms with Crippen LogP contribution >= 0.6 is 0 Å². The van der Waals surface area contributed by atoms with Gasteiger partial charge in [-0.25, -0.2) is 0 Å². The molecule has 0 aromatic heterocycles. The second-order valence-electron chi connectivity index (χ2n) is 4.85. The first kappa shape index (κ1) is 16.9. The van der Waals surface area contributed by atoms with Crippen LogP contribution in [0.4, 0.5) is 13.2 Å². The van der Waals surface area contributed by atoms with Gasteiger partial charge in [0, 0.05) is 25.2 Å². The Morgan fingerprint density at radius 3 is 2.60 bits per heavy atom. The van der Waals surface area contributed by atoms with Crippen LogP contribution < -0.4 is 11.1 Å². The first-order valence-corrected chi connectivity index (χ1v) is 6.62. The summed E-state index contributed by atoms with van der Waals surface area (Å²) in [4.78, 5) is 0. The minimum Gasteiger partial charge on any atom is -0.396 e. The number of halogens is 3. The van der Waals surface area contributed by atoms with Crippen LogP contribution in [-0.2, 0) is 6.18 Å². The van der Waals surface area contributed by atoms with Gasteiger partial charge in [0.25, 0.3) is 0 Å². The molecule has 0 radical (unpaired) electrons. The molecule has 114 valence electrons. The van der Waals surface area contributed by atoms with Gasteiger partial charge >= 0.3 is 6.18 Å². The number of nitrogens with one attached hydrogen (secondary N) is 1. The Bertz CT molecular complexity index is 410. The SMILES string of the molecule is CC(CCCO)NC(CN)c1cccc(C(F)(F)F)c1. The fourth-order valence-electron chi connectivity index (χ4n) is 2.06. The molecule has 6 heteroatoms. The smallest absolute Gasteiger partial charge is 0.396 e. The van der Waals surface area contributed by atoms with E-state index in [0.29, 0.717) is 12.0 Å². The molecule has 0 bridgehead atoms. The zero-order valence-corrected chi connectivity index (χ0v) is 11.5. The van der Waals surface area contributed by atoms with E-state index in [9.17, 15) is 13.2 Å². The summed E-state index contributed by atoms with van der Waals surface area (Å²) < 4.78 is 38.1. The summed E-state index contributed by atoms with van der Waals surface area (Å²) in [7, 11) is 0. The van der Waals surface area contributed by atoms with Crippen LogP contribution in [0.1, 0.15) is 36.9 Å². The molecular weight excluding hydrogens is 269 g/mol. The van der Waals surface area contributed by atoms with Crippen molar-refractivity contribution in [1.82, 2.24) is 5.32 Å². The van der Waals surface area contributed by atoms with E-state index in [-0.39, 0.29) is 25.2 Å². The third-order valence-corrected chi connectivity index (χ3v) is 3.13. The van der Waals surface area contributed by atoms with E-state index in [1.165, 1.54) is 6.07 Å². The second-order valence-corrected chi connectivity index (χ2v) is 4.85. The molecule has 0 heterocycles. The van der Waals surface area contributed by atoms with Crippen molar-refractivity contribution in [2.75, 3.05) is 13.2 Å². The van der Waals surface area contributed by atoms with E-state index < -0.39 is 11.7 Å². The quantitative estimate of drug-likeness (QED) is 0.723. The van der Waals surface area contributed by atoms with Gasteiger partial charge in [0.15, 0.2) is 0 Å². The monoisotopic (exact) mass is 290 g/mol. The molecule has 0 aliphatic carbocycles. The number of benzene rings is 1. The van der Waals surface area contributed by atoms with Crippen LogP contribution in [0.15, 0.2) is 24.3 Å². The molecule has 0 amide bonds. The number of rotatable bonds is 7. The lowest BCUT2D eigenvalue weighted by atomic mass is 10.0. The summed E-state index contributed by atoms with van der Waals surface area (Å²) >= 11 is 0. The number of hydrogen-bond acceptors (Lipinski definition) is 3. The van der Waals surface area contributed by atoms with Crippen molar-refractivity contribution in [2.45, 2.75) is 38.0 Å². The predicted octanol–water partition coefficient (Wildman–Crippen LogP) is 2.46. The van der Waals surface area contributed by atoms with Crippen LogP contribution in [0.2, 0.25) is 0 Å². The fourth-order valence-corrected chi connectivity index (χ4v) is 2.06. The number of nitrogens with two attached hydrogens (primary N) is 1. The summed E-state index contributed by atoms with van der Waals surface area (Å²) in [5.41, 5.74) is 5.51. The van der Waals surface area contributed by atoms with E-state index in [4.69, 9.17) is 10.8 Å². The topological polar surface area (TPSA) is 58.3 Å². The van der Waals surface area contributed by atoms with Gasteiger partial charge in [0.2, 0.25) is 0 Å². The predicted molar refractivity (Wildman–Crippen MR) is 72.2 cm³/mol. The lowest BCUT2D eigenvalue weighted by Gasteiger charge is -2.23. The lowest BCUT2D eigenvalue weighted by Crippen LogP contribution is -2.35. The molecule has 0 saturated carbocycles. The third-order valence-electron chi connectivity index (χ3n) is 3.13. The van der Waals surface area contributed by atoms with Gasteiger partial charge in [-0.15, -0.1) is 0 Å². The second kappa shape index (κ2) is 7.61. The van der Waals surface area contributed by atoms with Crippen LogP contribution in [-0.4, -0.2) is 24.3 Å². The Hall–Kier alpha value is -1.11. The molecule has 2 unspecified atom stereocenters. The first-order valence-electron chi connectivity index (χ1n) is 6.62. The molecule has 0 spiro atoms. The molecule has 2 atom stereocenters. The van der Waals surface area contributed by atoms with E-state index >= 15 is 0 Å². The number of aliphatic hydroxyl groups is 1. The molecule has 1 rings (SSSR count). The summed E-state index contributed by atoms with van der Waals surface area (Å²) in [6.45, 7) is 2.24. The van der Waals surface area contributed by atoms with Crippen molar-refractivity contribution < 1.29 is 18.3 Å². The van der Waals surface area contributed by atoms with Gasteiger partial charge in [0.05, 0.1) is 5.56 Å². The Balaban J connectivity index is 2.79. The van der Waals surface area contributed by atoms with Crippen molar-refractivity contribution >= 4 is 0 Å². The molecule has 0 aliphatic heterocycles. The molecule has 4 N–H and O–H groups in total. The van der Waals surface area contributed by atoms with Gasteiger partial charge in [0.1, 0.15) is 0 Å². The van der Waals surface area contributed by atoms with Crippen molar-refractivity contribution in [2.24, 2.45) is 5.73 Å². The Labute approximate surface area is 117 Å². The molecule has 0 aliphatic rings. The normalized spacial score (nSPS) is 15.1. The Morgan fingerprint density at radius 1 is 1.35 bits per heavy atom. The highest BCUT2D eigenvalue weighted by Gasteiger charge is 2.30. The van der Waals surface area contributed by atoms with Gasteiger partial charge in [-0.05, 0) is 37.5 Å². The van der Waals surface area contributed by atoms with E-state index in [0.717, 1.165) is 18.6 Å². The molecule has 1 aromatic rings. The van der Waals surface area contributed by atoms with Gasteiger partial charge in [-0.3, -0.25) is 0 Å². The maximum absolute atomic E-state index is 12.7. The zero-order valence-electron chi connectivity index (χ0n) is 11.5. The van der Waals surface area contributed by atoms with E-state index in [1.807, 2.05) is 6.92 Å². The highest BCUT2D eigenvalue weighted by Crippen LogP contribution is 2.30. The minimum absolute atomic E-state index is 0.0743. The van der Waals surface area contributed by atoms with Crippen LogP contribution in [0, 0.1) is 0 Å². The van der Waals surface area contributed by atoms with Crippen LogP contribution in [0.25, 0.3) is 0 Å². The van der Waals surface area contributed by atoms with Gasteiger partial charge in [-0.2, -0.15) is 13.2 Å². The molecular formula is C14H21F3N2O. The average molecular weight is 290 g/mol.